The summed E-state index contributed by atoms with van der Waals surface area (Å²) in [5.41, 5.74) is 1.37. The molecule has 0 bridgehead atoms. The molecule has 1 amide bonds. The van der Waals surface area contributed by atoms with Gasteiger partial charge in [0.1, 0.15) is 0 Å². The number of carbonyl (C=O) groups excluding carboxylic acids is 1. The fraction of sp³-hybridized carbons (Fsp3) is 0.643. The van der Waals surface area contributed by atoms with Gasteiger partial charge in [-0.3, -0.25) is 4.79 Å². The van der Waals surface area contributed by atoms with Crippen molar-refractivity contribution in [3.63, 3.8) is 0 Å². The van der Waals surface area contributed by atoms with Crippen LogP contribution in [0.1, 0.15) is 42.7 Å². The van der Waals surface area contributed by atoms with Crippen molar-refractivity contribution in [2.75, 3.05) is 13.1 Å². The Morgan fingerprint density at radius 2 is 2.42 bits per heavy atom. The van der Waals surface area contributed by atoms with Gasteiger partial charge in [-0.2, -0.15) is 0 Å². The highest BCUT2D eigenvalue weighted by Gasteiger charge is 2.27. The normalized spacial score (nSPS) is 24.0. The van der Waals surface area contributed by atoms with Gasteiger partial charge in [-0.1, -0.05) is 11.6 Å². The summed E-state index contributed by atoms with van der Waals surface area (Å²) in [7, 11) is 0. The molecule has 3 rings (SSSR count). The Kier molecular flexibility index (Phi) is 3.83. The largest absolute Gasteiger partial charge is 0.341 e. The van der Waals surface area contributed by atoms with E-state index in [0.717, 1.165) is 43.1 Å². The number of fused-ring (bicyclic) bond motifs is 1. The van der Waals surface area contributed by atoms with Crippen molar-refractivity contribution in [1.82, 2.24) is 10.2 Å². The first-order chi connectivity index (χ1) is 9.13. The maximum absolute atomic E-state index is 11.6. The van der Waals surface area contributed by atoms with Crippen LogP contribution in [0.4, 0.5) is 0 Å². The second-order valence-electron chi connectivity index (χ2n) is 5.53. The highest BCUT2D eigenvalue weighted by atomic mass is 35.5. The molecular formula is C14H19ClN2OS. The quantitative estimate of drug-likeness (QED) is 0.927. The van der Waals surface area contributed by atoms with E-state index in [1.54, 1.807) is 11.3 Å². The van der Waals surface area contributed by atoms with Crippen LogP contribution in [0.5, 0.6) is 0 Å². The average Bonchev–Trinajstić information content (AvgIpc) is 2.99. The summed E-state index contributed by atoms with van der Waals surface area (Å²) in [6.07, 6.45) is 4.01. The summed E-state index contributed by atoms with van der Waals surface area (Å²) in [4.78, 5) is 15.0. The summed E-state index contributed by atoms with van der Waals surface area (Å²) >= 11 is 7.78. The minimum atomic E-state index is 0.305. The molecular weight excluding hydrogens is 280 g/mol. The SMILES string of the molecule is CC(CN1CCCC1=O)NC1CCc2sc(Cl)cc21. The summed E-state index contributed by atoms with van der Waals surface area (Å²) in [6.45, 7) is 3.91. The van der Waals surface area contributed by atoms with Gasteiger partial charge < -0.3 is 10.2 Å². The lowest BCUT2D eigenvalue weighted by atomic mass is 10.1. The van der Waals surface area contributed by atoms with Gasteiger partial charge in [0.25, 0.3) is 0 Å². The van der Waals surface area contributed by atoms with Crippen LogP contribution in [-0.2, 0) is 11.2 Å². The molecule has 1 N–H and O–H groups in total. The molecule has 2 heterocycles. The monoisotopic (exact) mass is 298 g/mol. The van der Waals surface area contributed by atoms with Gasteiger partial charge in [-0.25, -0.2) is 0 Å². The Labute approximate surface area is 122 Å². The predicted octanol–water partition coefficient (Wildman–Crippen LogP) is 2.99. The van der Waals surface area contributed by atoms with Crippen molar-refractivity contribution in [3.05, 3.63) is 20.8 Å². The number of nitrogens with zero attached hydrogens (tertiary/aromatic N) is 1. The van der Waals surface area contributed by atoms with E-state index < -0.39 is 0 Å². The van der Waals surface area contributed by atoms with Crippen LogP contribution in [0.2, 0.25) is 4.34 Å². The van der Waals surface area contributed by atoms with Gasteiger partial charge in [0.2, 0.25) is 5.91 Å². The molecule has 1 saturated heterocycles. The molecule has 2 atom stereocenters. The third-order valence-electron chi connectivity index (χ3n) is 4.00. The first-order valence-corrected chi connectivity index (χ1v) is 8.15. The van der Waals surface area contributed by atoms with Crippen LogP contribution in [-0.4, -0.2) is 29.9 Å². The third-order valence-corrected chi connectivity index (χ3v) is 5.34. The molecule has 0 radical (unpaired) electrons. The topological polar surface area (TPSA) is 32.3 Å². The number of likely N-dealkylation sites (tertiary alicyclic amines) is 1. The van der Waals surface area contributed by atoms with E-state index in [1.165, 1.54) is 10.4 Å². The highest BCUT2D eigenvalue weighted by Crippen LogP contribution is 2.39. The Morgan fingerprint density at radius 3 is 3.16 bits per heavy atom. The summed E-state index contributed by atoms with van der Waals surface area (Å²) in [6, 6.07) is 2.84. The maximum atomic E-state index is 11.6. The van der Waals surface area contributed by atoms with E-state index in [9.17, 15) is 4.79 Å². The van der Waals surface area contributed by atoms with E-state index in [4.69, 9.17) is 11.6 Å². The van der Waals surface area contributed by atoms with Crippen LogP contribution in [0.25, 0.3) is 0 Å². The number of carbonyl (C=O) groups is 1. The Bertz CT molecular complexity index is 488. The first kappa shape index (κ1) is 13.4. The van der Waals surface area contributed by atoms with Gasteiger partial charge in [-0.15, -0.1) is 11.3 Å². The van der Waals surface area contributed by atoms with Crippen molar-refractivity contribution < 1.29 is 4.79 Å². The molecule has 1 aliphatic heterocycles. The van der Waals surface area contributed by atoms with E-state index in [1.807, 2.05) is 4.90 Å². The van der Waals surface area contributed by atoms with Crippen LogP contribution in [0.3, 0.4) is 0 Å². The smallest absolute Gasteiger partial charge is 0.222 e. The van der Waals surface area contributed by atoms with E-state index >= 15 is 0 Å². The number of rotatable bonds is 4. The van der Waals surface area contributed by atoms with Crippen LogP contribution >= 0.6 is 22.9 Å². The molecule has 1 aliphatic carbocycles. The number of hydrogen-bond donors (Lipinski definition) is 1. The van der Waals surface area contributed by atoms with Gasteiger partial charge in [-0.05, 0) is 37.8 Å². The predicted molar refractivity (Wildman–Crippen MR) is 78.8 cm³/mol. The molecule has 1 fully saturated rings. The fourth-order valence-electron chi connectivity index (χ4n) is 3.13. The van der Waals surface area contributed by atoms with E-state index in [-0.39, 0.29) is 0 Å². The van der Waals surface area contributed by atoms with Gasteiger partial charge in [0, 0.05) is 36.5 Å². The van der Waals surface area contributed by atoms with Crippen LogP contribution in [0, 0.1) is 0 Å². The number of thiophene rings is 1. The lowest BCUT2D eigenvalue weighted by Gasteiger charge is -2.24. The Hall–Kier alpha value is -0.580. The van der Waals surface area contributed by atoms with Crippen molar-refractivity contribution in [2.24, 2.45) is 0 Å². The first-order valence-electron chi connectivity index (χ1n) is 6.95. The molecule has 1 aromatic rings. The van der Waals surface area contributed by atoms with Crippen LogP contribution in [0.15, 0.2) is 6.07 Å². The molecule has 3 nitrogen and oxygen atoms in total. The van der Waals surface area contributed by atoms with Crippen molar-refractivity contribution in [3.8, 4) is 0 Å². The lowest BCUT2D eigenvalue weighted by molar-refractivity contribution is -0.127. The molecule has 104 valence electrons. The van der Waals surface area contributed by atoms with Gasteiger partial charge in [0.15, 0.2) is 0 Å². The zero-order valence-corrected chi connectivity index (χ0v) is 12.7. The standard InChI is InChI=1S/C14H19ClN2OS/c1-9(8-17-6-2-3-14(17)18)16-11-4-5-12-10(11)7-13(15)19-12/h7,9,11,16H,2-6,8H2,1H3. The van der Waals surface area contributed by atoms with Crippen molar-refractivity contribution >= 4 is 28.8 Å². The average molecular weight is 299 g/mol. The van der Waals surface area contributed by atoms with Crippen LogP contribution < -0.4 is 5.32 Å². The number of halogens is 1. The molecule has 0 spiro atoms. The fourth-order valence-corrected chi connectivity index (χ4v) is 4.48. The molecule has 0 saturated carbocycles. The molecule has 19 heavy (non-hydrogen) atoms. The van der Waals surface area contributed by atoms with Crippen molar-refractivity contribution in [2.45, 2.75) is 44.7 Å². The minimum Gasteiger partial charge on any atom is -0.341 e. The zero-order chi connectivity index (χ0) is 13.4. The molecule has 2 aliphatic rings. The maximum Gasteiger partial charge on any atom is 0.222 e. The zero-order valence-electron chi connectivity index (χ0n) is 11.1. The second kappa shape index (κ2) is 5.43. The van der Waals surface area contributed by atoms with Gasteiger partial charge >= 0.3 is 0 Å². The number of aryl methyl sites for hydroxylation is 1. The Morgan fingerprint density at radius 1 is 1.58 bits per heavy atom. The van der Waals surface area contributed by atoms with Gasteiger partial charge in [0.05, 0.1) is 4.34 Å². The van der Waals surface area contributed by atoms with E-state index in [2.05, 4.69) is 18.3 Å². The Balaban J connectivity index is 1.58. The number of hydrogen-bond acceptors (Lipinski definition) is 3. The molecule has 5 heteroatoms. The van der Waals surface area contributed by atoms with E-state index in [0.29, 0.717) is 18.0 Å². The molecule has 1 aromatic heterocycles. The number of nitrogens with one attached hydrogen (secondary N) is 1. The molecule has 0 aromatic carbocycles. The van der Waals surface area contributed by atoms with Crippen molar-refractivity contribution in [1.29, 1.82) is 0 Å². The summed E-state index contributed by atoms with van der Waals surface area (Å²) in [5.74, 6) is 0.305. The minimum absolute atomic E-state index is 0.305. The summed E-state index contributed by atoms with van der Waals surface area (Å²) < 4.78 is 0.888. The lowest BCUT2D eigenvalue weighted by Crippen LogP contribution is -2.40. The third kappa shape index (κ3) is 2.81. The summed E-state index contributed by atoms with van der Waals surface area (Å²) in [5, 5.41) is 3.65. The highest BCUT2D eigenvalue weighted by molar-refractivity contribution is 7.16. The molecule has 2 unspecified atom stereocenters. The number of amides is 1. The second-order valence-corrected chi connectivity index (χ2v) is 7.30.